The zero-order valence-corrected chi connectivity index (χ0v) is 11.7. The van der Waals surface area contributed by atoms with Gasteiger partial charge in [-0.25, -0.2) is 0 Å². The fourth-order valence-corrected chi connectivity index (χ4v) is 3.54. The predicted molar refractivity (Wildman–Crippen MR) is 77.6 cm³/mol. The molecule has 0 fully saturated rings. The summed E-state index contributed by atoms with van der Waals surface area (Å²) >= 11 is 5.31. The first kappa shape index (κ1) is 11.1. The number of halogens is 1. The number of nitrogen functional groups attached to an aromatic ring is 1. The standard InChI is InChI=1S/C13H13BrN2S/c14-10-1-2-12(11(15)7-10)16-5-3-13-9(8-16)4-6-17-13/h1-2,4,6-7H,3,5,8,15H2. The van der Waals surface area contributed by atoms with E-state index in [1.807, 2.05) is 17.4 Å². The third-order valence-electron chi connectivity index (χ3n) is 3.14. The zero-order valence-electron chi connectivity index (χ0n) is 9.32. The normalized spacial score (nSPS) is 14.8. The molecule has 1 aromatic carbocycles. The van der Waals surface area contributed by atoms with Gasteiger partial charge in [-0.2, -0.15) is 0 Å². The molecule has 2 aromatic rings. The van der Waals surface area contributed by atoms with Crippen LogP contribution in [-0.2, 0) is 13.0 Å². The Balaban J connectivity index is 1.91. The highest BCUT2D eigenvalue weighted by Crippen LogP contribution is 2.32. The molecule has 1 aromatic heterocycles. The van der Waals surface area contributed by atoms with Crippen molar-refractivity contribution < 1.29 is 0 Å². The molecule has 0 bridgehead atoms. The van der Waals surface area contributed by atoms with Crippen molar-refractivity contribution in [3.8, 4) is 0 Å². The van der Waals surface area contributed by atoms with Crippen molar-refractivity contribution in [3.05, 3.63) is 44.6 Å². The maximum Gasteiger partial charge on any atom is 0.0603 e. The van der Waals surface area contributed by atoms with Gasteiger partial charge in [-0.05, 0) is 41.6 Å². The quantitative estimate of drug-likeness (QED) is 0.815. The molecule has 0 atom stereocenters. The molecule has 0 amide bonds. The summed E-state index contributed by atoms with van der Waals surface area (Å²) < 4.78 is 1.03. The molecule has 0 saturated heterocycles. The molecule has 88 valence electrons. The van der Waals surface area contributed by atoms with E-state index < -0.39 is 0 Å². The molecule has 3 rings (SSSR count). The summed E-state index contributed by atoms with van der Waals surface area (Å²) in [7, 11) is 0. The summed E-state index contributed by atoms with van der Waals surface area (Å²) in [6.45, 7) is 2.03. The van der Waals surface area contributed by atoms with E-state index in [4.69, 9.17) is 5.73 Å². The Morgan fingerprint density at radius 1 is 1.29 bits per heavy atom. The minimum atomic E-state index is 0.845. The van der Waals surface area contributed by atoms with Gasteiger partial charge in [-0.3, -0.25) is 0 Å². The second-order valence-corrected chi connectivity index (χ2v) is 6.16. The van der Waals surface area contributed by atoms with Crippen molar-refractivity contribution in [1.29, 1.82) is 0 Å². The van der Waals surface area contributed by atoms with Gasteiger partial charge in [0, 0.05) is 22.4 Å². The van der Waals surface area contributed by atoms with Crippen LogP contribution in [0, 0.1) is 0 Å². The lowest BCUT2D eigenvalue weighted by Gasteiger charge is -2.30. The molecule has 0 aliphatic carbocycles. The van der Waals surface area contributed by atoms with Gasteiger partial charge in [0.2, 0.25) is 0 Å². The molecule has 17 heavy (non-hydrogen) atoms. The second kappa shape index (κ2) is 4.35. The smallest absolute Gasteiger partial charge is 0.0603 e. The number of hydrogen-bond donors (Lipinski definition) is 1. The van der Waals surface area contributed by atoms with Crippen molar-refractivity contribution in [2.45, 2.75) is 13.0 Å². The lowest BCUT2D eigenvalue weighted by Crippen LogP contribution is -2.29. The summed E-state index contributed by atoms with van der Waals surface area (Å²) in [5.74, 6) is 0. The fraction of sp³-hybridized carbons (Fsp3) is 0.231. The first-order valence-corrected chi connectivity index (χ1v) is 7.26. The molecule has 4 heteroatoms. The van der Waals surface area contributed by atoms with Crippen LogP contribution >= 0.6 is 27.3 Å². The Kier molecular flexibility index (Phi) is 2.84. The van der Waals surface area contributed by atoms with Crippen LogP contribution in [0.5, 0.6) is 0 Å². The van der Waals surface area contributed by atoms with Gasteiger partial charge in [-0.1, -0.05) is 15.9 Å². The zero-order chi connectivity index (χ0) is 11.8. The second-order valence-electron chi connectivity index (χ2n) is 4.24. The van der Waals surface area contributed by atoms with Crippen molar-refractivity contribution in [2.24, 2.45) is 0 Å². The maximum absolute atomic E-state index is 6.08. The molecule has 1 aliphatic heterocycles. The molecule has 2 nitrogen and oxygen atoms in total. The lowest BCUT2D eigenvalue weighted by molar-refractivity contribution is 0.745. The van der Waals surface area contributed by atoms with E-state index >= 15 is 0 Å². The van der Waals surface area contributed by atoms with E-state index in [9.17, 15) is 0 Å². The van der Waals surface area contributed by atoms with Crippen LogP contribution in [0.15, 0.2) is 34.1 Å². The SMILES string of the molecule is Nc1cc(Br)ccc1N1CCc2sccc2C1. The van der Waals surface area contributed by atoms with E-state index in [0.29, 0.717) is 0 Å². The molecule has 2 heterocycles. The van der Waals surface area contributed by atoms with Crippen LogP contribution in [0.2, 0.25) is 0 Å². The average molecular weight is 309 g/mol. The van der Waals surface area contributed by atoms with E-state index in [1.54, 1.807) is 0 Å². The highest BCUT2D eigenvalue weighted by Gasteiger charge is 2.18. The van der Waals surface area contributed by atoms with Crippen LogP contribution < -0.4 is 10.6 Å². The Labute approximate surface area is 113 Å². The Bertz CT molecular complexity index is 550. The van der Waals surface area contributed by atoms with Gasteiger partial charge in [0.15, 0.2) is 0 Å². The fourth-order valence-electron chi connectivity index (χ4n) is 2.27. The minimum Gasteiger partial charge on any atom is -0.397 e. The van der Waals surface area contributed by atoms with Crippen LogP contribution in [-0.4, -0.2) is 6.54 Å². The van der Waals surface area contributed by atoms with Crippen LogP contribution in [0.25, 0.3) is 0 Å². The largest absolute Gasteiger partial charge is 0.397 e. The number of thiophene rings is 1. The third kappa shape index (κ3) is 2.07. The third-order valence-corrected chi connectivity index (χ3v) is 4.65. The summed E-state index contributed by atoms with van der Waals surface area (Å²) in [5, 5.41) is 2.18. The molecule has 0 unspecified atom stereocenters. The van der Waals surface area contributed by atoms with Gasteiger partial charge < -0.3 is 10.6 Å². The lowest BCUT2D eigenvalue weighted by atomic mass is 10.1. The minimum absolute atomic E-state index is 0.845. The van der Waals surface area contributed by atoms with Gasteiger partial charge >= 0.3 is 0 Å². The number of hydrogen-bond acceptors (Lipinski definition) is 3. The Hall–Kier alpha value is -1.00. The first-order chi connectivity index (χ1) is 8.24. The van der Waals surface area contributed by atoms with Crippen molar-refractivity contribution >= 4 is 38.6 Å². The van der Waals surface area contributed by atoms with Crippen molar-refractivity contribution in [1.82, 2.24) is 0 Å². The molecule has 0 saturated carbocycles. The summed E-state index contributed by atoms with van der Waals surface area (Å²) in [4.78, 5) is 3.88. The number of nitrogens with zero attached hydrogens (tertiary/aromatic N) is 1. The monoisotopic (exact) mass is 308 g/mol. The van der Waals surface area contributed by atoms with Crippen molar-refractivity contribution in [3.63, 3.8) is 0 Å². The summed E-state index contributed by atoms with van der Waals surface area (Å²) in [6.07, 6.45) is 1.13. The van der Waals surface area contributed by atoms with Crippen molar-refractivity contribution in [2.75, 3.05) is 17.2 Å². The molecule has 0 spiro atoms. The average Bonchev–Trinajstić information content (AvgIpc) is 2.75. The highest BCUT2D eigenvalue weighted by atomic mass is 79.9. The van der Waals surface area contributed by atoms with Gasteiger partial charge in [0.25, 0.3) is 0 Å². The van der Waals surface area contributed by atoms with Gasteiger partial charge in [-0.15, -0.1) is 11.3 Å². The van der Waals surface area contributed by atoms with Crippen LogP contribution in [0.4, 0.5) is 11.4 Å². The summed E-state index contributed by atoms with van der Waals surface area (Å²) in [5.41, 5.74) is 9.52. The molecular formula is C13H13BrN2S. The maximum atomic E-state index is 6.08. The molecule has 1 aliphatic rings. The highest BCUT2D eigenvalue weighted by molar-refractivity contribution is 9.10. The number of fused-ring (bicyclic) bond motifs is 1. The van der Waals surface area contributed by atoms with E-state index in [2.05, 4.69) is 44.4 Å². The van der Waals surface area contributed by atoms with Gasteiger partial charge in [0.05, 0.1) is 11.4 Å². The van der Waals surface area contributed by atoms with Crippen LogP contribution in [0.1, 0.15) is 10.4 Å². The summed E-state index contributed by atoms with van der Waals surface area (Å²) in [6, 6.07) is 8.34. The first-order valence-electron chi connectivity index (χ1n) is 5.59. The number of rotatable bonds is 1. The Morgan fingerprint density at radius 3 is 3.00 bits per heavy atom. The predicted octanol–water partition coefficient (Wildman–Crippen LogP) is 3.66. The van der Waals surface area contributed by atoms with E-state index in [-0.39, 0.29) is 0 Å². The number of benzene rings is 1. The molecule has 2 N–H and O–H groups in total. The van der Waals surface area contributed by atoms with Crippen LogP contribution in [0.3, 0.4) is 0 Å². The topological polar surface area (TPSA) is 29.3 Å². The van der Waals surface area contributed by atoms with E-state index in [0.717, 1.165) is 35.4 Å². The van der Waals surface area contributed by atoms with Gasteiger partial charge in [0.1, 0.15) is 0 Å². The Morgan fingerprint density at radius 2 is 2.18 bits per heavy atom. The number of anilines is 2. The molecular weight excluding hydrogens is 296 g/mol. The number of nitrogens with two attached hydrogens (primary N) is 1. The molecule has 0 radical (unpaired) electrons. The van der Waals surface area contributed by atoms with E-state index in [1.165, 1.54) is 10.4 Å².